The summed E-state index contributed by atoms with van der Waals surface area (Å²) in [6, 6.07) is 6.10. The summed E-state index contributed by atoms with van der Waals surface area (Å²) in [4.78, 5) is 7.67. The molecule has 0 radical (unpaired) electrons. The van der Waals surface area contributed by atoms with Crippen molar-refractivity contribution in [2.75, 3.05) is 11.1 Å². The van der Waals surface area contributed by atoms with Gasteiger partial charge in [0.05, 0.1) is 0 Å². The Labute approximate surface area is 103 Å². The molecule has 1 aromatic heterocycles. The summed E-state index contributed by atoms with van der Waals surface area (Å²) in [6.07, 6.45) is 0. The fourth-order valence-corrected chi connectivity index (χ4v) is 1.65. The van der Waals surface area contributed by atoms with Crippen molar-refractivity contribution in [2.45, 2.75) is 6.92 Å². The van der Waals surface area contributed by atoms with Crippen LogP contribution < -0.4 is 11.1 Å². The van der Waals surface area contributed by atoms with E-state index in [-0.39, 0.29) is 16.9 Å². The summed E-state index contributed by atoms with van der Waals surface area (Å²) < 4.78 is 13.2. The molecule has 1 heterocycles. The Hall–Kier alpha value is -1.88. The molecular formula is C11H10ClFN4. The normalized spacial score (nSPS) is 10.3. The van der Waals surface area contributed by atoms with Crippen LogP contribution in [0.15, 0.2) is 24.3 Å². The van der Waals surface area contributed by atoms with Gasteiger partial charge in [-0.05, 0) is 30.7 Å². The molecule has 1 aromatic carbocycles. The number of nitrogens with one attached hydrogen (secondary N) is 1. The van der Waals surface area contributed by atoms with Crippen molar-refractivity contribution in [1.29, 1.82) is 0 Å². The Morgan fingerprint density at radius 3 is 2.65 bits per heavy atom. The molecule has 17 heavy (non-hydrogen) atoms. The molecule has 0 unspecified atom stereocenters. The number of halogens is 2. The molecule has 0 fully saturated rings. The third-order valence-corrected chi connectivity index (χ3v) is 2.22. The first-order chi connectivity index (χ1) is 8.02. The zero-order chi connectivity index (χ0) is 12.4. The molecule has 0 saturated carbocycles. The van der Waals surface area contributed by atoms with Crippen molar-refractivity contribution in [3.8, 4) is 0 Å². The lowest BCUT2D eigenvalue weighted by Gasteiger charge is -2.07. The fraction of sp³-hybridized carbons (Fsp3) is 0.0909. The lowest BCUT2D eigenvalue weighted by Crippen LogP contribution is -2.00. The van der Waals surface area contributed by atoms with E-state index in [0.29, 0.717) is 11.5 Å². The Kier molecular flexibility index (Phi) is 3.10. The molecule has 0 amide bonds. The Balaban J connectivity index is 2.31. The number of hydrogen-bond donors (Lipinski definition) is 2. The maximum Gasteiger partial charge on any atom is 0.223 e. The molecule has 2 rings (SSSR count). The van der Waals surface area contributed by atoms with E-state index in [4.69, 9.17) is 17.3 Å². The van der Waals surface area contributed by atoms with Crippen LogP contribution in [0.25, 0.3) is 0 Å². The van der Waals surface area contributed by atoms with E-state index >= 15 is 0 Å². The van der Waals surface area contributed by atoms with E-state index < -0.39 is 0 Å². The zero-order valence-electron chi connectivity index (χ0n) is 9.04. The molecule has 2 aromatic rings. The monoisotopic (exact) mass is 252 g/mol. The second-order valence-corrected chi connectivity index (χ2v) is 3.96. The Morgan fingerprint density at radius 2 is 2.00 bits per heavy atom. The van der Waals surface area contributed by atoms with Gasteiger partial charge < -0.3 is 11.1 Å². The molecule has 0 aliphatic rings. The second-order valence-electron chi connectivity index (χ2n) is 3.58. The van der Waals surface area contributed by atoms with Gasteiger partial charge in [-0.1, -0.05) is 11.6 Å². The smallest absolute Gasteiger partial charge is 0.223 e. The molecule has 88 valence electrons. The first-order valence-corrected chi connectivity index (χ1v) is 5.25. The highest BCUT2D eigenvalue weighted by atomic mass is 35.5. The summed E-state index contributed by atoms with van der Waals surface area (Å²) in [5, 5.41) is 3.14. The molecule has 6 heteroatoms. The second kappa shape index (κ2) is 4.55. The van der Waals surface area contributed by atoms with Gasteiger partial charge in [-0.2, -0.15) is 4.98 Å². The van der Waals surface area contributed by atoms with Gasteiger partial charge in [-0.25, -0.2) is 9.37 Å². The number of hydrogen-bond acceptors (Lipinski definition) is 4. The van der Waals surface area contributed by atoms with Gasteiger partial charge >= 0.3 is 0 Å². The summed E-state index contributed by atoms with van der Waals surface area (Å²) in [5.41, 5.74) is 6.84. The molecule has 3 N–H and O–H groups in total. The highest BCUT2D eigenvalue weighted by molar-refractivity contribution is 6.29. The van der Waals surface area contributed by atoms with Crippen LogP contribution in [-0.2, 0) is 0 Å². The van der Waals surface area contributed by atoms with E-state index in [9.17, 15) is 4.39 Å². The molecular weight excluding hydrogens is 243 g/mol. The first kappa shape index (κ1) is 11.6. The van der Waals surface area contributed by atoms with E-state index in [2.05, 4.69) is 15.3 Å². The highest BCUT2D eigenvalue weighted by Crippen LogP contribution is 2.20. The average molecular weight is 253 g/mol. The van der Waals surface area contributed by atoms with Crippen LogP contribution in [0.2, 0.25) is 5.15 Å². The van der Waals surface area contributed by atoms with Gasteiger partial charge in [0, 0.05) is 11.8 Å². The number of nitrogens with two attached hydrogens (primary N) is 1. The number of aryl methyl sites for hydroxylation is 1. The van der Waals surface area contributed by atoms with Crippen molar-refractivity contribution in [3.05, 3.63) is 40.8 Å². The van der Waals surface area contributed by atoms with Crippen LogP contribution in [0.4, 0.5) is 21.8 Å². The van der Waals surface area contributed by atoms with Crippen molar-refractivity contribution < 1.29 is 4.39 Å². The maximum absolute atomic E-state index is 13.2. The van der Waals surface area contributed by atoms with E-state index in [1.807, 2.05) is 0 Å². The largest absolute Gasteiger partial charge is 0.368 e. The lowest BCUT2D eigenvalue weighted by molar-refractivity contribution is 0.627. The molecule has 0 bridgehead atoms. The van der Waals surface area contributed by atoms with E-state index in [1.54, 1.807) is 13.0 Å². The van der Waals surface area contributed by atoms with Crippen LogP contribution in [-0.4, -0.2) is 9.97 Å². The number of anilines is 3. The number of rotatable bonds is 2. The minimum absolute atomic E-state index is 0.0631. The Morgan fingerprint density at radius 1 is 1.24 bits per heavy atom. The van der Waals surface area contributed by atoms with Crippen LogP contribution in [0.1, 0.15) is 5.56 Å². The van der Waals surface area contributed by atoms with E-state index in [1.165, 1.54) is 18.2 Å². The number of aromatic nitrogens is 2. The van der Waals surface area contributed by atoms with Crippen molar-refractivity contribution in [2.24, 2.45) is 0 Å². The minimum atomic E-state index is -0.319. The molecule has 0 saturated heterocycles. The number of nitrogens with zero attached hydrogens (tertiary/aromatic N) is 2. The van der Waals surface area contributed by atoms with Gasteiger partial charge in [-0.3, -0.25) is 0 Å². The van der Waals surface area contributed by atoms with Gasteiger partial charge in [0.25, 0.3) is 0 Å². The zero-order valence-corrected chi connectivity index (χ0v) is 9.79. The highest BCUT2D eigenvalue weighted by Gasteiger charge is 2.03. The number of nitrogen functional groups attached to an aromatic ring is 1. The predicted octanol–water partition coefficient (Wildman–Crippen LogP) is 2.90. The summed E-state index contributed by atoms with van der Waals surface area (Å²) >= 11 is 5.73. The minimum Gasteiger partial charge on any atom is -0.368 e. The molecule has 0 spiro atoms. The molecule has 0 atom stereocenters. The summed E-state index contributed by atoms with van der Waals surface area (Å²) in [5.74, 6) is 0.168. The van der Waals surface area contributed by atoms with Crippen LogP contribution in [0.3, 0.4) is 0 Å². The molecule has 0 aliphatic carbocycles. The number of benzene rings is 1. The predicted molar refractivity (Wildman–Crippen MR) is 65.9 cm³/mol. The fourth-order valence-electron chi connectivity index (χ4n) is 1.46. The van der Waals surface area contributed by atoms with Crippen LogP contribution >= 0.6 is 11.6 Å². The van der Waals surface area contributed by atoms with Gasteiger partial charge in [0.15, 0.2) is 0 Å². The van der Waals surface area contributed by atoms with Gasteiger partial charge in [-0.15, -0.1) is 0 Å². The third-order valence-electron chi connectivity index (χ3n) is 2.03. The Bertz CT molecular complexity index is 469. The van der Waals surface area contributed by atoms with Crippen LogP contribution in [0, 0.1) is 12.7 Å². The van der Waals surface area contributed by atoms with Gasteiger partial charge in [0.1, 0.15) is 16.8 Å². The first-order valence-electron chi connectivity index (χ1n) is 4.87. The molecule has 0 aliphatic heterocycles. The van der Waals surface area contributed by atoms with Crippen molar-refractivity contribution in [1.82, 2.24) is 9.97 Å². The van der Waals surface area contributed by atoms with Crippen molar-refractivity contribution >= 4 is 29.1 Å². The molecule has 4 nitrogen and oxygen atoms in total. The maximum atomic E-state index is 13.2. The van der Waals surface area contributed by atoms with Crippen LogP contribution in [0.5, 0.6) is 0 Å². The quantitative estimate of drug-likeness (QED) is 0.807. The van der Waals surface area contributed by atoms with Gasteiger partial charge in [0.2, 0.25) is 5.95 Å². The summed E-state index contributed by atoms with van der Waals surface area (Å²) in [6.45, 7) is 1.80. The lowest BCUT2D eigenvalue weighted by atomic mass is 10.2. The summed E-state index contributed by atoms with van der Waals surface area (Å²) in [7, 11) is 0. The third kappa shape index (κ3) is 3.04. The SMILES string of the molecule is Cc1cc(F)cc(Nc2cc(Cl)nc(N)n2)c1. The average Bonchev–Trinajstić information content (AvgIpc) is 2.13. The van der Waals surface area contributed by atoms with Crippen molar-refractivity contribution in [3.63, 3.8) is 0 Å². The topological polar surface area (TPSA) is 63.8 Å². The standard InChI is InChI=1S/C11H10ClFN4/c1-6-2-7(13)4-8(3-6)15-10-5-9(12)16-11(14)17-10/h2-5H,1H3,(H3,14,15,16,17). The van der Waals surface area contributed by atoms with E-state index in [0.717, 1.165) is 5.56 Å².